The minimum atomic E-state index is -1.21. The Hall–Kier alpha value is -3.72. The molecule has 0 atom stereocenters. The van der Waals surface area contributed by atoms with Gasteiger partial charge in [0.05, 0.1) is 5.69 Å². The smallest absolute Gasteiger partial charge is 0.349 e. The van der Waals surface area contributed by atoms with E-state index in [2.05, 4.69) is 41.2 Å². The molecule has 2 aliphatic rings. The SMILES string of the molecule is CCN1CCCc2ccccc21.O=C(O)/C=C/C(=O)ON1CCC(c2noc3cc(F)ccc23)CC1. The Morgan fingerprint density at radius 3 is 2.69 bits per heavy atom. The van der Waals surface area contributed by atoms with Crippen molar-refractivity contribution in [1.29, 1.82) is 0 Å². The van der Waals surface area contributed by atoms with Crippen molar-refractivity contribution in [2.24, 2.45) is 0 Å². The van der Waals surface area contributed by atoms with Crippen LogP contribution in [0.1, 0.15) is 43.4 Å². The summed E-state index contributed by atoms with van der Waals surface area (Å²) in [6, 6.07) is 13.1. The largest absolute Gasteiger partial charge is 0.478 e. The number of aliphatic carboxylic acids is 1. The second kappa shape index (κ2) is 11.8. The van der Waals surface area contributed by atoms with Crippen molar-refractivity contribution in [2.75, 3.05) is 31.1 Å². The van der Waals surface area contributed by atoms with Crippen molar-refractivity contribution < 1.29 is 28.4 Å². The summed E-state index contributed by atoms with van der Waals surface area (Å²) in [6.07, 6.45) is 5.55. The molecule has 2 aromatic carbocycles. The number of hydroxylamine groups is 2. The van der Waals surface area contributed by atoms with Crippen LogP contribution in [0, 0.1) is 5.82 Å². The Morgan fingerprint density at radius 1 is 1.17 bits per heavy atom. The molecular weight excluding hydrogens is 465 g/mol. The number of para-hydroxylation sites is 1. The van der Waals surface area contributed by atoms with Crippen LogP contribution in [-0.4, -0.2) is 53.4 Å². The number of carboxylic acid groups (broad SMARTS) is 1. The second-order valence-corrected chi connectivity index (χ2v) is 8.81. The number of piperidine rings is 1. The molecule has 0 spiro atoms. The number of anilines is 1. The highest BCUT2D eigenvalue weighted by molar-refractivity contribution is 5.90. The van der Waals surface area contributed by atoms with Crippen LogP contribution >= 0.6 is 0 Å². The van der Waals surface area contributed by atoms with Crippen molar-refractivity contribution in [3.05, 3.63) is 71.7 Å². The number of hydrogen-bond acceptors (Lipinski definition) is 7. The van der Waals surface area contributed by atoms with E-state index in [0.717, 1.165) is 29.8 Å². The summed E-state index contributed by atoms with van der Waals surface area (Å²) in [6.45, 7) is 5.58. The molecule has 8 nitrogen and oxygen atoms in total. The summed E-state index contributed by atoms with van der Waals surface area (Å²) in [5, 5.41) is 14.8. The van der Waals surface area contributed by atoms with Gasteiger partial charge < -0.3 is 19.4 Å². The zero-order chi connectivity index (χ0) is 25.5. The molecule has 0 aliphatic carbocycles. The normalized spacial score (nSPS) is 16.4. The zero-order valence-corrected chi connectivity index (χ0v) is 20.2. The first kappa shape index (κ1) is 25.4. The van der Waals surface area contributed by atoms with Gasteiger partial charge in [0.1, 0.15) is 5.82 Å². The highest BCUT2D eigenvalue weighted by Crippen LogP contribution is 2.32. The molecule has 1 N–H and O–H groups in total. The van der Waals surface area contributed by atoms with Gasteiger partial charge in [0.2, 0.25) is 0 Å². The maximum Gasteiger partial charge on any atom is 0.349 e. The number of carbonyl (C=O) groups is 2. The number of rotatable bonds is 5. The third-order valence-electron chi connectivity index (χ3n) is 6.47. The van der Waals surface area contributed by atoms with Crippen LogP contribution in [0.3, 0.4) is 0 Å². The van der Waals surface area contributed by atoms with Crippen molar-refractivity contribution in [3.63, 3.8) is 0 Å². The maximum absolute atomic E-state index is 13.2. The molecule has 1 saturated heterocycles. The van der Waals surface area contributed by atoms with Gasteiger partial charge in [0.15, 0.2) is 5.58 Å². The minimum absolute atomic E-state index is 0.126. The summed E-state index contributed by atoms with van der Waals surface area (Å²) in [4.78, 5) is 29.3. The number of carboxylic acids is 1. The number of nitrogens with zero attached hydrogens (tertiary/aromatic N) is 3. The van der Waals surface area contributed by atoms with Gasteiger partial charge >= 0.3 is 11.9 Å². The molecule has 1 fully saturated rings. The summed E-state index contributed by atoms with van der Waals surface area (Å²) < 4.78 is 18.4. The first-order valence-electron chi connectivity index (χ1n) is 12.2. The summed E-state index contributed by atoms with van der Waals surface area (Å²) >= 11 is 0. The summed E-state index contributed by atoms with van der Waals surface area (Å²) in [5.74, 6) is -2.18. The Labute approximate surface area is 208 Å². The van der Waals surface area contributed by atoms with Crippen LogP contribution in [0.5, 0.6) is 0 Å². The molecule has 2 aliphatic heterocycles. The van der Waals surface area contributed by atoms with Crippen LogP contribution in [0.15, 0.2) is 59.1 Å². The lowest BCUT2D eigenvalue weighted by molar-refractivity contribution is -0.189. The first-order chi connectivity index (χ1) is 17.4. The van der Waals surface area contributed by atoms with Crippen LogP contribution < -0.4 is 4.90 Å². The van der Waals surface area contributed by atoms with E-state index >= 15 is 0 Å². The number of hydrogen-bond donors (Lipinski definition) is 1. The van der Waals surface area contributed by atoms with Crippen LogP contribution in [0.25, 0.3) is 11.0 Å². The molecule has 3 aromatic rings. The number of aromatic nitrogens is 1. The molecule has 36 heavy (non-hydrogen) atoms. The third kappa shape index (κ3) is 6.28. The standard InChI is InChI=1S/C16H15FN2O5.C11H15N/c17-11-1-2-12-13(9-11)23-18-16(12)10-5-7-19(8-6-10)24-15(22)4-3-14(20)21;1-2-12-9-5-7-10-6-3-4-8-11(10)12/h1-4,9-10H,5-8H2,(H,20,21);3-4,6,8H,2,5,7,9H2,1H3/b4-3+;. The predicted molar refractivity (Wildman–Crippen MR) is 133 cm³/mol. The number of fused-ring (bicyclic) bond motifs is 2. The van der Waals surface area contributed by atoms with E-state index in [0.29, 0.717) is 31.5 Å². The van der Waals surface area contributed by atoms with Crippen molar-refractivity contribution in [2.45, 2.75) is 38.5 Å². The molecule has 0 amide bonds. The Morgan fingerprint density at radius 2 is 1.94 bits per heavy atom. The predicted octanol–water partition coefficient (Wildman–Crippen LogP) is 4.70. The Bertz CT molecular complexity index is 1230. The van der Waals surface area contributed by atoms with Crippen LogP contribution in [0.4, 0.5) is 10.1 Å². The van der Waals surface area contributed by atoms with Gasteiger partial charge in [0.25, 0.3) is 0 Å². The number of aryl methyl sites for hydroxylation is 1. The highest BCUT2D eigenvalue weighted by Gasteiger charge is 2.26. The lowest BCUT2D eigenvalue weighted by Crippen LogP contribution is -2.34. The number of benzene rings is 2. The molecular formula is C27H30FN3O5. The molecule has 190 valence electrons. The quantitative estimate of drug-likeness (QED) is 0.509. The fourth-order valence-electron chi connectivity index (χ4n) is 4.68. The van der Waals surface area contributed by atoms with E-state index in [9.17, 15) is 14.0 Å². The van der Waals surface area contributed by atoms with E-state index in [1.165, 1.54) is 47.8 Å². The van der Waals surface area contributed by atoms with Gasteiger partial charge in [-0.2, -0.15) is 0 Å². The molecule has 3 heterocycles. The third-order valence-corrected chi connectivity index (χ3v) is 6.47. The molecule has 0 saturated carbocycles. The average Bonchev–Trinajstić information content (AvgIpc) is 3.31. The molecule has 1 aromatic heterocycles. The Balaban J connectivity index is 0.000000211. The molecule has 0 bridgehead atoms. The van der Waals surface area contributed by atoms with E-state index in [-0.39, 0.29) is 11.7 Å². The molecule has 9 heteroatoms. The van der Waals surface area contributed by atoms with Gasteiger partial charge in [-0.05, 0) is 56.4 Å². The van der Waals surface area contributed by atoms with Crippen molar-refractivity contribution in [3.8, 4) is 0 Å². The highest BCUT2D eigenvalue weighted by atomic mass is 19.1. The molecule has 0 radical (unpaired) electrons. The van der Waals surface area contributed by atoms with Crippen LogP contribution in [0.2, 0.25) is 0 Å². The molecule has 5 rings (SSSR count). The second-order valence-electron chi connectivity index (χ2n) is 8.81. The fraction of sp³-hybridized carbons (Fsp3) is 0.370. The van der Waals surface area contributed by atoms with E-state index in [1.807, 2.05) is 0 Å². The van der Waals surface area contributed by atoms with E-state index in [1.54, 1.807) is 6.07 Å². The lowest BCUT2D eigenvalue weighted by atomic mass is 9.92. The monoisotopic (exact) mass is 495 g/mol. The summed E-state index contributed by atoms with van der Waals surface area (Å²) in [7, 11) is 0. The van der Waals surface area contributed by atoms with Gasteiger partial charge in [-0.3, -0.25) is 0 Å². The van der Waals surface area contributed by atoms with Gasteiger partial charge in [0, 0.05) is 61.4 Å². The lowest BCUT2D eigenvalue weighted by Gasteiger charge is -2.29. The van der Waals surface area contributed by atoms with Gasteiger partial charge in [-0.25, -0.2) is 14.0 Å². The zero-order valence-electron chi connectivity index (χ0n) is 20.2. The van der Waals surface area contributed by atoms with E-state index < -0.39 is 11.9 Å². The maximum atomic E-state index is 13.2. The minimum Gasteiger partial charge on any atom is -0.478 e. The van der Waals surface area contributed by atoms with Crippen LogP contribution in [-0.2, 0) is 20.8 Å². The van der Waals surface area contributed by atoms with Gasteiger partial charge in [-0.1, -0.05) is 23.4 Å². The van der Waals surface area contributed by atoms with Crippen molar-refractivity contribution in [1.82, 2.24) is 10.2 Å². The van der Waals surface area contributed by atoms with Crippen molar-refractivity contribution >= 4 is 28.6 Å². The fourth-order valence-corrected chi connectivity index (χ4v) is 4.68. The average molecular weight is 496 g/mol. The first-order valence-corrected chi connectivity index (χ1v) is 12.2. The Kier molecular flexibility index (Phi) is 8.32. The number of halogens is 1. The number of carbonyl (C=O) groups excluding carboxylic acids is 1. The summed E-state index contributed by atoms with van der Waals surface area (Å²) in [5.41, 5.74) is 4.16. The molecule has 0 unspecified atom stereocenters. The topological polar surface area (TPSA) is 96.1 Å². The van der Waals surface area contributed by atoms with E-state index in [4.69, 9.17) is 14.5 Å². The van der Waals surface area contributed by atoms with Gasteiger partial charge in [-0.15, -0.1) is 5.06 Å².